The van der Waals surface area contributed by atoms with Crippen LogP contribution in [0.15, 0.2) is 0 Å². The van der Waals surface area contributed by atoms with E-state index in [2.05, 4.69) is 10.6 Å². The topological polar surface area (TPSA) is 33.3 Å². The number of hydrogen-bond donors (Lipinski definition) is 2. The van der Waals surface area contributed by atoms with Gasteiger partial charge in [0.05, 0.1) is 12.2 Å². The summed E-state index contributed by atoms with van der Waals surface area (Å²) in [7, 11) is 0. The molecule has 8 saturated carbocycles. The van der Waals surface area contributed by atoms with Crippen LogP contribution in [0, 0.1) is 71.0 Å². The van der Waals surface area contributed by atoms with Crippen LogP contribution in [0.1, 0.15) is 180 Å². The molecule has 0 aromatic heterocycles. The molecule has 0 radical (unpaired) electrons. The standard InChI is InChI=1S/C46H76N2O/c1-2-11-29(12-3-1)31-21-24-32(25-22-31)43-44(48-42-20-9-8-19-41(42)47-43)39-28-40-38-18-10-17-35(34-26-23-30-13-4-5-14-33(30)27-34)45(38)49-46(40)37-16-7-6-15-36(37)39/h29-48H,1-28H2. The van der Waals surface area contributed by atoms with Crippen LogP contribution in [0.3, 0.4) is 0 Å². The molecule has 2 N–H and O–H groups in total. The normalized spacial score (nSPS) is 53.8. The molecule has 276 valence electrons. The molecule has 0 bridgehead atoms. The van der Waals surface area contributed by atoms with E-state index in [9.17, 15) is 0 Å². The van der Waals surface area contributed by atoms with Crippen LogP contribution in [-0.4, -0.2) is 36.4 Å². The summed E-state index contributed by atoms with van der Waals surface area (Å²) >= 11 is 0. The maximum atomic E-state index is 7.64. The molecule has 8 aliphatic carbocycles. The summed E-state index contributed by atoms with van der Waals surface area (Å²) in [6.45, 7) is 0. The maximum Gasteiger partial charge on any atom is 0.0641 e. The van der Waals surface area contributed by atoms with Crippen molar-refractivity contribution in [1.29, 1.82) is 0 Å². The second kappa shape index (κ2) is 14.6. The molecule has 3 nitrogen and oxygen atoms in total. The van der Waals surface area contributed by atoms with Crippen LogP contribution in [0.2, 0.25) is 0 Å². The summed E-state index contributed by atoms with van der Waals surface area (Å²) in [5, 5.41) is 9.17. The van der Waals surface area contributed by atoms with Crippen molar-refractivity contribution < 1.29 is 4.74 Å². The molecule has 0 spiro atoms. The Morgan fingerprint density at radius 1 is 0.286 bits per heavy atom. The average Bonchev–Trinajstić information content (AvgIpc) is 3.56. The van der Waals surface area contributed by atoms with Gasteiger partial charge in [0, 0.05) is 24.2 Å². The number of rotatable bonds is 4. The molecule has 49 heavy (non-hydrogen) atoms. The predicted octanol–water partition coefficient (Wildman–Crippen LogP) is 10.8. The Morgan fingerprint density at radius 2 is 0.776 bits per heavy atom. The van der Waals surface area contributed by atoms with Crippen molar-refractivity contribution in [3.05, 3.63) is 0 Å². The molecular formula is C46H76N2O. The maximum absolute atomic E-state index is 7.64. The lowest BCUT2D eigenvalue weighted by atomic mass is 9.54. The van der Waals surface area contributed by atoms with Gasteiger partial charge in [0.15, 0.2) is 0 Å². The molecule has 0 aromatic rings. The van der Waals surface area contributed by atoms with Crippen LogP contribution < -0.4 is 10.6 Å². The highest BCUT2D eigenvalue weighted by Gasteiger charge is 2.60. The Kier molecular flexibility index (Phi) is 9.97. The van der Waals surface area contributed by atoms with Gasteiger partial charge in [0.25, 0.3) is 0 Å². The molecule has 10 aliphatic rings. The van der Waals surface area contributed by atoms with E-state index in [1.54, 1.807) is 38.5 Å². The molecule has 2 saturated heterocycles. The van der Waals surface area contributed by atoms with Crippen molar-refractivity contribution in [1.82, 2.24) is 10.6 Å². The second-order valence-electron chi connectivity index (χ2n) is 20.8. The summed E-state index contributed by atoms with van der Waals surface area (Å²) in [6.07, 6.45) is 43.4. The van der Waals surface area contributed by atoms with E-state index < -0.39 is 0 Å². The van der Waals surface area contributed by atoms with Gasteiger partial charge >= 0.3 is 0 Å². The van der Waals surface area contributed by atoms with E-state index in [-0.39, 0.29) is 0 Å². The first kappa shape index (κ1) is 33.4. The van der Waals surface area contributed by atoms with Crippen molar-refractivity contribution in [2.75, 3.05) is 0 Å². The van der Waals surface area contributed by atoms with E-state index in [1.165, 1.54) is 141 Å². The smallest absolute Gasteiger partial charge is 0.0641 e. The van der Waals surface area contributed by atoms with Crippen LogP contribution in [0.4, 0.5) is 0 Å². The summed E-state index contributed by atoms with van der Waals surface area (Å²) in [6, 6.07) is 2.90. The van der Waals surface area contributed by atoms with Crippen LogP contribution >= 0.6 is 0 Å². The minimum atomic E-state index is 0.603. The fourth-order valence-corrected chi connectivity index (χ4v) is 16.6. The van der Waals surface area contributed by atoms with Gasteiger partial charge in [-0.25, -0.2) is 0 Å². The molecule has 10 fully saturated rings. The molecule has 15 atom stereocenters. The van der Waals surface area contributed by atoms with Gasteiger partial charge in [-0.2, -0.15) is 0 Å². The third-order valence-corrected chi connectivity index (χ3v) is 18.8. The average molecular weight is 673 g/mol. The zero-order chi connectivity index (χ0) is 32.3. The van der Waals surface area contributed by atoms with Crippen LogP contribution in [0.5, 0.6) is 0 Å². The van der Waals surface area contributed by atoms with E-state index in [4.69, 9.17) is 4.74 Å². The zero-order valence-corrected chi connectivity index (χ0v) is 31.6. The summed E-state index contributed by atoms with van der Waals surface area (Å²) in [5.41, 5.74) is 0. The molecule has 0 amide bonds. The second-order valence-corrected chi connectivity index (χ2v) is 20.8. The van der Waals surface area contributed by atoms with Crippen LogP contribution in [0.25, 0.3) is 0 Å². The molecule has 3 heteroatoms. The predicted molar refractivity (Wildman–Crippen MR) is 201 cm³/mol. The summed E-state index contributed by atoms with van der Waals surface area (Å²) in [5.74, 6) is 11.4. The Hall–Kier alpha value is -0.120. The Bertz CT molecular complexity index is 1090. The van der Waals surface area contributed by atoms with Crippen molar-refractivity contribution in [3.63, 3.8) is 0 Å². The highest BCUT2D eigenvalue weighted by Crippen LogP contribution is 2.60. The van der Waals surface area contributed by atoms with Gasteiger partial charge in [0.2, 0.25) is 0 Å². The van der Waals surface area contributed by atoms with Gasteiger partial charge in [-0.05, 0) is 161 Å². The summed E-state index contributed by atoms with van der Waals surface area (Å²) < 4.78 is 7.64. The van der Waals surface area contributed by atoms with Crippen molar-refractivity contribution in [2.45, 2.75) is 216 Å². The number of nitrogens with one attached hydrogen (secondary N) is 2. The number of fused-ring (bicyclic) bond motifs is 7. The molecule has 15 unspecified atom stereocenters. The molecule has 10 rings (SSSR count). The fraction of sp³-hybridized carbons (Fsp3) is 1.00. The highest BCUT2D eigenvalue weighted by atomic mass is 16.5. The molecular weight excluding hydrogens is 597 g/mol. The lowest BCUT2D eigenvalue weighted by Gasteiger charge is -2.57. The van der Waals surface area contributed by atoms with Crippen molar-refractivity contribution in [3.8, 4) is 0 Å². The number of hydrogen-bond acceptors (Lipinski definition) is 3. The largest absolute Gasteiger partial charge is 0.374 e. The van der Waals surface area contributed by atoms with Gasteiger partial charge in [0.1, 0.15) is 0 Å². The van der Waals surface area contributed by atoms with Crippen LogP contribution in [-0.2, 0) is 4.74 Å². The van der Waals surface area contributed by atoms with Crippen molar-refractivity contribution >= 4 is 0 Å². The third-order valence-electron chi connectivity index (χ3n) is 18.8. The first-order valence-corrected chi connectivity index (χ1v) is 23.5. The number of piperazine rings is 1. The lowest BCUT2D eigenvalue weighted by molar-refractivity contribution is -0.104. The van der Waals surface area contributed by atoms with E-state index in [0.717, 1.165) is 89.1 Å². The van der Waals surface area contributed by atoms with E-state index in [1.807, 2.05) is 0 Å². The Labute approximate surface area is 301 Å². The first-order chi connectivity index (χ1) is 24.3. The van der Waals surface area contributed by atoms with E-state index >= 15 is 0 Å². The van der Waals surface area contributed by atoms with Gasteiger partial charge < -0.3 is 15.4 Å². The lowest BCUT2D eigenvalue weighted by Crippen LogP contribution is -2.71. The Balaban J connectivity index is 0.892. The molecule has 2 aliphatic heterocycles. The molecule has 2 heterocycles. The monoisotopic (exact) mass is 673 g/mol. The SMILES string of the molecule is C1CCC(C2CCC(C3NC4CCCCC4NC3C3CC4C5CCCC(C6CCC7CCCCC7C6)C5OC4C4CCCCC34)CC2)CC1. The zero-order valence-electron chi connectivity index (χ0n) is 31.6. The van der Waals surface area contributed by atoms with Gasteiger partial charge in [-0.1, -0.05) is 89.9 Å². The Morgan fingerprint density at radius 3 is 1.55 bits per heavy atom. The van der Waals surface area contributed by atoms with Crippen molar-refractivity contribution in [2.24, 2.45) is 71.0 Å². The van der Waals surface area contributed by atoms with E-state index in [0.29, 0.717) is 18.2 Å². The first-order valence-electron chi connectivity index (χ1n) is 23.5. The minimum absolute atomic E-state index is 0.603. The quantitative estimate of drug-likeness (QED) is 0.312. The highest BCUT2D eigenvalue weighted by molar-refractivity contribution is 5.12. The fourth-order valence-electron chi connectivity index (χ4n) is 16.6. The molecule has 0 aromatic carbocycles. The third kappa shape index (κ3) is 6.36. The van der Waals surface area contributed by atoms with Gasteiger partial charge in [-0.15, -0.1) is 0 Å². The summed E-state index contributed by atoms with van der Waals surface area (Å²) in [4.78, 5) is 0. The minimum Gasteiger partial charge on any atom is -0.374 e. The van der Waals surface area contributed by atoms with Gasteiger partial charge in [-0.3, -0.25) is 0 Å². The number of ether oxygens (including phenoxy) is 1.